The third kappa shape index (κ3) is 2.57. The van der Waals surface area contributed by atoms with Gasteiger partial charge in [0.25, 0.3) is 0 Å². The smallest absolute Gasteiger partial charge is 0.104 e. The van der Waals surface area contributed by atoms with Gasteiger partial charge in [-0.3, -0.25) is 0 Å². The maximum atomic E-state index is 3.87. The summed E-state index contributed by atoms with van der Waals surface area (Å²) in [6, 6.07) is 13.9. The van der Waals surface area contributed by atoms with Crippen LogP contribution in [0, 0.1) is 0 Å². The Morgan fingerprint density at radius 2 is 1.85 bits per heavy atom. The SMILES string of the molecule is CC(C)c1ccc([C@@H]2NCc3c(sc4c3CCCC4)-n3cccc32)cc1. The molecule has 3 aromatic rings. The minimum absolute atomic E-state index is 0.255. The Morgan fingerprint density at radius 1 is 1.04 bits per heavy atom. The molecule has 3 heterocycles. The van der Waals surface area contributed by atoms with Crippen molar-refractivity contribution in [1.29, 1.82) is 0 Å². The molecule has 5 rings (SSSR count). The van der Waals surface area contributed by atoms with Gasteiger partial charge >= 0.3 is 0 Å². The third-order valence-electron chi connectivity index (χ3n) is 5.97. The largest absolute Gasteiger partial charge is 0.310 e. The standard InChI is InChI=1S/C23H26N2S/c1-15(2)16-9-11-17(12-10-16)22-20-7-5-13-25(20)23-19(14-24-22)18-6-3-4-8-21(18)26-23/h5,7,9-13,15,22,24H,3-4,6,8,14H2,1-2H3/t22-/m0/s1. The topological polar surface area (TPSA) is 17.0 Å². The molecule has 2 aromatic heterocycles. The first-order valence-electron chi connectivity index (χ1n) is 9.86. The van der Waals surface area contributed by atoms with Crippen molar-refractivity contribution >= 4 is 11.3 Å². The van der Waals surface area contributed by atoms with Crippen molar-refractivity contribution < 1.29 is 0 Å². The predicted molar refractivity (Wildman–Crippen MR) is 110 cm³/mol. The Balaban J connectivity index is 1.57. The molecule has 0 fully saturated rings. The third-order valence-corrected chi connectivity index (χ3v) is 7.31. The number of aryl methyl sites for hydroxylation is 1. The number of nitrogens with zero attached hydrogens (tertiary/aromatic N) is 1. The van der Waals surface area contributed by atoms with Crippen LogP contribution in [0.2, 0.25) is 0 Å². The van der Waals surface area contributed by atoms with Gasteiger partial charge < -0.3 is 9.88 Å². The molecule has 26 heavy (non-hydrogen) atoms. The molecule has 0 saturated heterocycles. The molecule has 1 atom stereocenters. The van der Waals surface area contributed by atoms with Crippen molar-refractivity contribution in [3.8, 4) is 5.00 Å². The molecule has 0 amide bonds. The average Bonchev–Trinajstić information content (AvgIpc) is 3.24. The fourth-order valence-electron chi connectivity index (χ4n) is 4.48. The van der Waals surface area contributed by atoms with Crippen molar-refractivity contribution in [2.45, 2.75) is 58.0 Å². The van der Waals surface area contributed by atoms with E-state index in [9.17, 15) is 0 Å². The van der Waals surface area contributed by atoms with E-state index in [0.717, 1.165) is 6.54 Å². The highest BCUT2D eigenvalue weighted by Gasteiger charge is 2.28. The van der Waals surface area contributed by atoms with Gasteiger partial charge in [-0.15, -0.1) is 11.3 Å². The van der Waals surface area contributed by atoms with Gasteiger partial charge in [-0.2, -0.15) is 0 Å². The molecule has 0 unspecified atom stereocenters. The molecule has 0 radical (unpaired) electrons. The molecule has 1 aliphatic heterocycles. The summed E-state index contributed by atoms with van der Waals surface area (Å²) >= 11 is 2.02. The van der Waals surface area contributed by atoms with Gasteiger partial charge in [-0.05, 0) is 60.4 Å². The van der Waals surface area contributed by atoms with Crippen LogP contribution in [0.3, 0.4) is 0 Å². The van der Waals surface area contributed by atoms with Crippen LogP contribution < -0.4 is 5.32 Å². The van der Waals surface area contributed by atoms with Crippen LogP contribution in [0.25, 0.3) is 5.00 Å². The highest BCUT2D eigenvalue weighted by atomic mass is 32.1. The summed E-state index contributed by atoms with van der Waals surface area (Å²) < 4.78 is 2.44. The monoisotopic (exact) mass is 362 g/mol. The summed E-state index contributed by atoms with van der Waals surface area (Å²) in [5, 5.41) is 5.32. The molecule has 3 heteroatoms. The molecule has 2 nitrogen and oxygen atoms in total. The second-order valence-electron chi connectivity index (χ2n) is 7.93. The summed E-state index contributed by atoms with van der Waals surface area (Å²) in [5.74, 6) is 0.577. The Labute approximate surface area is 159 Å². The van der Waals surface area contributed by atoms with Crippen molar-refractivity contribution in [3.63, 3.8) is 0 Å². The molecule has 0 spiro atoms. The number of fused-ring (bicyclic) bond motifs is 5. The van der Waals surface area contributed by atoms with Crippen LogP contribution in [-0.2, 0) is 19.4 Å². The zero-order chi connectivity index (χ0) is 17.7. The summed E-state index contributed by atoms with van der Waals surface area (Å²) in [5.41, 5.74) is 7.31. The Morgan fingerprint density at radius 3 is 2.65 bits per heavy atom. The van der Waals surface area contributed by atoms with Crippen molar-refractivity contribution in [2.75, 3.05) is 0 Å². The summed E-state index contributed by atoms with van der Waals surface area (Å²) in [4.78, 5) is 1.63. The van der Waals surface area contributed by atoms with Crippen molar-refractivity contribution in [3.05, 3.63) is 75.4 Å². The Kier molecular flexibility index (Phi) is 4.02. The highest BCUT2D eigenvalue weighted by molar-refractivity contribution is 7.15. The number of aromatic nitrogens is 1. The maximum Gasteiger partial charge on any atom is 0.104 e. The van der Waals surface area contributed by atoms with E-state index in [1.807, 2.05) is 11.3 Å². The van der Waals surface area contributed by atoms with E-state index in [0.29, 0.717) is 5.92 Å². The Hall–Kier alpha value is -1.84. The number of nitrogens with one attached hydrogen (secondary N) is 1. The first-order valence-corrected chi connectivity index (χ1v) is 10.7. The summed E-state index contributed by atoms with van der Waals surface area (Å²) in [7, 11) is 0. The van der Waals surface area contributed by atoms with Crippen LogP contribution in [0.4, 0.5) is 0 Å². The molecule has 1 N–H and O–H groups in total. The van der Waals surface area contributed by atoms with Gasteiger partial charge in [0.05, 0.1) is 6.04 Å². The van der Waals surface area contributed by atoms with E-state index in [1.54, 1.807) is 16.0 Å². The lowest BCUT2D eigenvalue weighted by Crippen LogP contribution is -2.22. The summed E-state index contributed by atoms with van der Waals surface area (Å²) in [6.45, 7) is 5.48. The molecule has 2 aliphatic rings. The number of rotatable bonds is 2. The molecule has 0 saturated carbocycles. The molecule has 1 aliphatic carbocycles. The lowest BCUT2D eigenvalue weighted by molar-refractivity contribution is 0.594. The molecule has 0 bridgehead atoms. The molecule has 1 aromatic carbocycles. The van der Waals surface area contributed by atoms with E-state index >= 15 is 0 Å². The van der Waals surface area contributed by atoms with E-state index in [2.05, 4.69) is 66.3 Å². The van der Waals surface area contributed by atoms with Gasteiger partial charge in [0, 0.05) is 28.9 Å². The number of hydrogen-bond acceptors (Lipinski definition) is 2. The number of thiophene rings is 1. The van der Waals surface area contributed by atoms with E-state index in [1.165, 1.54) is 47.5 Å². The van der Waals surface area contributed by atoms with Crippen molar-refractivity contribution in [2.24, 2.45) is 0 Å². The fraction of sp³-hybridized carbons (Fsp3) is 0.391. The van der Waals surface area contributed by atoms with Crippen molar-refractivity contribution in [1.82, 2.24) is 9.88 Å². The second kappa shape index (κ2) is 6.40. The van der Waals surface area contributed by atoms with E-state index in [-0.39, 0.29) is 6.04 Å². The number of hydrogen-bond donors (Lipinski definition) is 1. The highest BCUT2D eigenvalue weighted by Crippen LogP contribution is 2.40. The normalized spacial score (nSPS) is 19.0. The average molecular weight is 363 g/mol. The van der Waals surface area contributed by atoms with Gasteiger partial charge in [-0.25, -0.2) is 0 Å². The Bertz CT molecular complexity index is 930. The first kappa shape index (κ1) is 16.3. The van der Waals surface area contributed by atoms with Gasteiger partial charge in [0.15, 0.2) is 0 Å². The van der Waals surface area contributed by atoms with Crippen LogP contribution in [-0.4, -0.2) is 4.57 Å². The molecular formula is C23H26N2S. The van der Waals surface area contributed by atoms with Crippen LogP contribution in [0.15, 0.2) is 42.6 Å². The van der Waals surface area contributed by atoms with Gasteiger partial charge in [0.2, 0.25) is 0 Å². The lowest BCUT2D eigenvalue weighted by atomic mass is 9.95. The molecular weight excluding hydrogens is 336 g/mol. The number of benzene rings is 1. The second-order valence-corrected chi connectivity index (χ2v) is 9.02. The molecule has 134 valence electrons. The van der Waals surface area contributed by atoms with Crippen LogP contribution in [0.1, 0.15) is 71.5 Å². The quantitative estimate of drug-likeness (QED) is 0.616. The maximum absolute atomic E-state index is 3.87. The van der Waals surface area contributed by atoms with Gasteiger partial charge in [0.1, 0.15) is 5.00 Å². The van der Waals surface area contributed by atoms with Gasteiger partial charge in [-0.1, -0.05) is 38.1 Å². The fourth-order valence-corrected chi connectivity index (χ4v) is 5.89. The zero-order valence-electron chi connectivity index (χ0n) is 15.6. The van der Waals surface area contributed by atoms with Crippen LogP contribution >= 0.6 is 11.3 Å². The van der Waals surface area contributed by atoms with Crippen LogP contribution in [0.5, 0.6) is 0 Å². The van der Waals surface area contributed by atoms with E-state index < -0.39 is 0 Å². The lowest BCUT2D eigenvalue weighted by Gasteiger charge is -2.19. The minimum Gasteiger partial charge on any atom is -0.310 e. The summed E-state index contributed by atoms with van der Waals surface area (Å²) in [6.07, 6.45) is 7.47. The van der Waals surface area contributed by atoms with E-state index in [4.69, 9.17) is 0 Å². The minimum atomic E-state index is 0.255. The zero-order valence-corrected chi connectivity index (χ0v) is 16.4. The first-order chi connectivity index (χ1) is 12.7. The predicted octanol–water partition coefficient (Wildman–Crippen LogP) is 5.73.